The van der Waals surface area contributed by atoms with Gasteiger partial charge in [-0.1, -0.05) is 24.3 Å². The van der Waals surface area contributed by atoms with E-state index in [1.165, 1.54) is 13.8 Å². The number of aliphatic hydroxyl groups excluding tert-OH is 1. The molecule has 1 aromatic carbocycles. The van der Waals surface area contributed by atoms with E-state index in [0.717, 1.165) is 11.1 Å². The van der Waals surface area contributed by atoms with Crippen molar-refractivity contribution in [2.75, 3.05) is 0 Å². The summed E-state index contributed by atoms with van der Waals surface area (Å²) in [5, 5.41) is 21.6. The molecule has 106 valence electrons. The molecule has 5 heteroatoms. The molecule has 0 unspecified atom stereocenters. The Hall–Kier alpha value is -2.14. The Balaban J connectivity index is 2.21. The second kappa shape index (κ2) is 5.46. The summed E-state index contributed by atoms with van der Waals surface area (Å²) in [5.41, 5.74) is 2.04. The van der Waals surface area contributed by atoms with Crippen LogP contribution in [-0.2, 0) is 16.0 Å². The zero-order chi connectivity index (χ0) is 14.9. The second-order valence-corrected chi connectivity index (χ2v) is 4.98. The van der Waals surface area contributed by atoms with Gasteiger partial charge < -0.3 is 15.5 Å². The van der Waals surface area contributed by atoms with Crippen LogP contribution < -0.4 is 5.32 Å². The van der Waals surface area contributed by atoms with Gasteiger partial charge in [0.1, 0.15) is 0 Å². The lowest BCUT2D eigenvalue weighted by molar-refractivity contribution is -0.133. The summed E-state index contributed by atoms with van der Waals surface area (Å²) in [6.07, 6.45) is -0.198. The van der Waals surface area contributed by atoms with Crippen LogP contribution in [0.25, 0.3) is 0 Å². The van der Waals surface area contributed by atoms with E-state index in [4.69, 9.17) is 5.11 Å². The smallest absolute Gasteiger partial charge is 0.331 e. The highest BCUT2D eigenvalue weighted by Gasteiger charge is 2.32. The van der Waals surface area contributed by atoms with E-state index < -0.39 is 24.0 Å². The number of fused-ring (bicyclic) bond motifs is 1. The zero-order valence-corrected chi connectivity index (χ0v) is 11.4. The second-order valence-electron chi connectivity index (χ2n) is 4.98. The summed E-state index contributed by atoms with van der Waals surface area (Å²) in [6, 6.07) is 7.02. The van der Waals surface area contributed by atoms with Crippen molar-refractivity contribution >= 4 is 11.9 Å². The topological polar surface area (TPSA) is 86.6 Å². The summed E-state index contributed by atoms with van der Waals surface area (Å²) < 4.78 is 0. The fraction of sp³-hybridized carbons (Fsp3) is 0.333. The molecule has 2 atom stereocenters. The van der Waals surface area contributed by atoms with Crippen LogP contribution in [0.1, 0.15) is 31.0 Å². The molecule has 2 rings (SSSR count). The lowest BCUT2D eigenvalue weighted by atomic mass is 10.1. The van der Waals surface area contributed by atoms with Crippen LogP contribution >= 0.6 is 0 Å². The number of rotatable bonds is 3. The quantitative estimate of drug-likeness (QED) is 0.723. The van der Waals surface area contributed by atoms with E-state index in [-0.39, 0.29) is 11.1 Å². The average Bonchev–Trinajstić information content (AvgIpc) is 2.73. The monoisotopic (exact) mass is 275 g/mol. The van der Waals surface area contributed by atoms with Crippen molar-refractivity contribution in [1.82, 2.24) is 5.32 Å². The number of nitrogens with one attached hydrogen (secondary N) is 1. The van der Waals surface area contributed by atoms with E-state index in [0.29, 0.717) is 6.42 Å². The van der Waals surface area contributed by atoms with Crippen LogP contribution in [-0.4, -0.2) is 28.2 Å². The van der Waals surface area contributed by atoms with E-state index in [2.05, 4.69) is 5.32 Å². The van der Waals surface area contributed by atoms with Crippen molar-refractivity contribution in [2.45, 2.75) is 32.4 Å². The normalized spacial score (nSPS) is 21.9. The van der Waals surface area contributed by atoms with Crippen LogP contribution in [0.4, 0.5) is 0 Å². The van der Waals surface area contributed by atoms with Gasteiger partial charge in [-0.25, -0.2) is 4.79 Å². The van der Waals surface area contributed by atoms with Gasteiger partial charge in [-0.15, -0.1) is 0 Å². The molecular weight excluding hydrogens is 258 g/mol. The molecule has 1 aliphatic rings. The molecule has 0 fully saturated rings. The van der Waals surface area contributed by atoms with Crippen molar-refractivity contribution in [1.29, 1.82) is 0 Å². The summed E-state index contributed by atoms with van der Waals surface area (Å²) in [4.78, 5) is 22.9. The Morgan fingerprint density at radius 3 is 2.50 bits per heavy atom. The minimum absolute atomic E-state index is 0.00303. The molecule has 1 amide bonds. The lowest BCUT2D eigenvalue weighted by Gasteiger charge is -2.18. The van der Waals surface area contributed by atoms with Crippen LogP contribution in [0.15, 0.2) is 35.4 Å². The standard InChI is InChI=1S/C15H17NO4/c1-8(9(2)15(19)20)14(18)16-13-11-6-4-3-5-10(11)7-12(13)17/h3-6,12-13,17H,7H2,1-2H3,(H,16,18)(H,19,20)/b9-8+/t12-,13+/m1/s1. The molecule has 0 radical (unpaired) electrons. The van der Waals surface area contributed by atoms with Crippen molar-refractivity contribution in [3.63, 3.8) is 0 Å². The molecule has 5 nitrogen and oxygen atoms in total. The molecule has 3 N–H and O–H groups in total. The number of hydrogen-bond donors (Lipinski definition) is 3. The number of carboxylic acid groups (broad SMARTS) is 1. The first-order valence-electron chi connectivity index (χ1n) is 6.39. The van der Waals surface area contributed by atoms with E-state index in [1.54, 1.807) is 0 Å². The highest BCUT2D eigenvalue weighted by Crippen LogP contribution is 2.31. The van der Waals surface area contributed by atoms with Gasteiger partial charge in [0.05, 0.1) is 12.1 Å². The average molecular weight is 275 g/mol. The number of aliphatic hydroxyl groups is 1. The first kappa shape index (κ1) is 14.3. The summed E-state index contributed by atoms with van der Waals surface area (Å²) in [5.74, 6) is -1.59. The molecule has 20 heavy (non-hydrogen) atoms. The Labute approximate surface area is 116 Å². The number of hydrogen-bond acceptors (Lipinski definition) is 3. The lowest BCUT2D eigenvalue weighted by Crippen LogP contribution is -2.34. The van der Waals surface area contributed by atoms with Crippen LogP contribution in [0.5, 0.6) is 0 Å². The number of carbonyl (C=O) groups is 2. The zero-order valence-electron chi connectivity index (χ0n) is 11.4. The highest BCUT2D eigenvalue weighted by atomic mass is 16.4. The van der Waals surface area contributed by atoms with E-state index in [1.807, 2.05) is 24.3 Å². The molecule has 0 saturated heterocycles. The third-order valence-corrected chi connectivity index (χ3v) is 3.71. The molecule has 0 bridgehead atoms. The van der Waals surface area contributed by atoms with Crippen LogP contribution in [0.3, 0.4) is 0 Å². The fourth-order valence-electron chi connectivity index (χ4n) is 2.33. The SMILES string of the molecule is C/C(C(=O)O)=C(/C)C(=O)N[C@H]1c2ccccc2C[C@H]1O. The maximum Gasteiger partial charge on any atom is 0.331 e. The first-order valence-corrected chi connectivity index (χ1v) is 6.39. The van der Waals surface area contributed by atoms with E-state index in [9.17, 15) is 14.7 Å². The first-order chi connectivity index (χ1) is 9.41. The van der Waals surface area contributed by atoms with Gasteiger partial charge in [0.25, 0.3) is 0 Å². The summed E-state index contributed by atoms with van der Waals surface area (Å²) in [7, 11) is 0. The van der Waals surface area contributed by atoms with Gasteiger partial charge in [0, 0.05) is 17.6 Å². The summed E-state index contributed by atoms with van der Waals surface area (Å²) >= 11 is 0. The number of benzene rings is 1. The maximum absolute atomic E-state index is 12.1. The minimum atomic E-state index is -1.12. The molecule has 0 aromatic heterocycles. The van der Waals surface area contributed by atoms with Crippen LogP contribution in [0.2, 0.25) is 0 Å². The van der Waals surface area contributed by atoms with Crippen molar-refractivity contribution in [3.05, 3.63) is 46.5 Å². The Morgan fingerprint density at radius 1 is 1.20 bits per heavy atom. The Bertz CT molecular complexity index is 591. The predicted molar refractivity (Wildman–Crippen MR) is 73.0 cm³/mol. The molecule has 0 saturated carbocycles. The van der Waals surface area contributed by atoms with Gasteiger partial charge in [-0.3, -0.25) is 4.79 Å². The highest BCUT2D eigenvalue weighted by molar-refractivity contribution is 6.01. The summed E-state index contributed by atoms with van der Waals surface area (Å²) in [6.45, 7) is 2.85. The third kappa shape index (κ3) is 2.58. The molecule has 0 aliphatic heterocycles. The number of aliphatic carboxylic acids is 1. The van der Waals surface area contributed by atoms with Gasteiger partial charge in [0.2, 0.25) is 5.91 Å². The van der Waals surface area contributed by atoms with Crippen molar-refractivity contribution < 1.29 is 19.8 Å². The molecule has 0 spiro atoms. The largest absolute Gasteiger partial charge is 0.478 e. The molecule has 1 aromatic rings. The van der Waals surface area contributed by atoms with Gasteiger partial charge in [-0.05, 0) is 25.0 Å². The Morgan fingerprint density at radius 2 is 1.85 bits per heavy atom. The van der Waals surface area contributed by atoms with Crippen molar-refractivity contribution in [3.8, 4) is 0 Å². The van der Waals surface area contributed by atoms with Gasteiger partial charge in [-0.2, -0.15) is 0 Å². The predicted octanol–water partition coefficient (Wildman–Crippen LogP) is 1.18. The number of carboxylic acids is 1. The maximum atomic E-state index is 12.1. The van der Waals surface area contributed by atoms with Gasteiger partial charge >= 0.3 is 5.97 Å². The third-order valence-electron chi connectivity index (χ3n) is 3.71. The van der Waals surface area contributed by atoms with Crippen LogP contribution in [0, 0.1) is 0 Å². The van der Waals surface area contributed by atoms with Gasteiger partial charge in [0.15, 0.2) is 0 Å². The number of carbonyl (C=O) groups excluding carboxylic acids is 1. The number of amides is 1. The molecule has 0 heterocycles. The van der Waals surface area contributed by atoms with Crippen molar-refractivity contribution in [2.24, 2.45) is 0 Å². The fourth-order valence-corrected chi connectivity index (χ4v) is 2.33. The van der Waals surface area contributed by atoms with E-state index >= 15 is 0 Å². The Kier molecular flexibility index (Phi) is 3.90. The molecule has 1 aliphatic carbocycles. The minimum Gasteiger partial charge on any atom is -0.478 e. The molecular formula is C15H17NO4.